The number of hydrogen-bond acceptors (Lipinski definition) is 3. The minimum absolute atomic E-state index is 0.162. The molecule has 2 aliphatic rings. The molecule has 0 aliphatic carbocycles. The largest absolute Gasteiger partial charge is 0.372 e. The van der Waals surface area contributed by atoms with Crippen LogP contribution in [0, 0.1) is 5.92 Å². The van der Waals surface area contributed by atoms with E-state index >= 15 is 0 Å². The van der Waals surface area contributed by atoms with Gasteiger partial charge in [-0.15, -0.1) is 0 Å². The highest BCUT2D eigenvalue weighted by Crippen LogP contribution is 2.20. The smallest absolute Gasteiger partial charge is 0.224 e. The van der Waals surface area contributed by atoms with Gasteiger partial charge in [-0.25, -0.2) is 0 Å². The maximum Gasteiger partial charge on any atom is 0.224 e. The number of hydrogen-bond donors (Lipinski definition) is 1. The van der Waals surface area contributed by atoms with Crippen molar-refractivity contribution in [1.29, 1.82) is 0 Å². The third-order valence-electron chi connectivity index (χ3n) is 4.10. The third-order valence-corrected chi connectivity index (χ3v) is 4.10. The van der Waals surface area contributed by atoms with Gasteiger partial charge in [0.2, 0.25) is 5.91 Å². The average molecular weight is 254 g/mol. The molecule has 4 atom stereocenters. The van der Waals surface area contributed by atoms with Gasteiger partial charge in [0.15, 0.2) is 0 Å². The molecule has 2 saturated heterocycles. The Morgan fingerprint density at radius 1 is 1.28 bits per heavy atom. The average Bonchev–Trinajstić information content (AvgIpc) is 2.31. The molecule has 1 N–H and O–H groups in total. The zero-order chi connectivity index (χ0) is 13.1. The fraction of sp³-hybridized carbons (Fsp3) is 0.929. The first kappa shape index (κ1) is 13.8. The highest BCUT2D eigenvalue weighted by atomic mass is 16.5. The van der Waals surface area contributed by atoms with Crippen LogP contribution < -0.4 is 5.32 Å². The number of ether oxygens (including phenoxy) is 1. The van der Waals surface area contributed by atoms with Crippen molar-refractivity contribution in [1.82, 2.24) is 10.2 Å². The summed E-state index contributed by atoms with van der Waals surface area (Å²) in [5.74, 6) is 0.891. The van der Waals surface area contributed by atoms with E-state index in [1.165, 1.54) is 12.8 Å². The molecule has 0 radical (unpaired) electrons. The van der Waals surface area contributed by atoms with Gasteiger partial charge in [-0.2, -0.15) is 0 Å². The molecule has 104 valence electrons. The summed E-state index contributed by atoms with van der Waals surface area (Å²) in [6.07, 6.45) is 3.43. The summed E-state index contributed by atoms with van der Waals surface area (Å²) in [7, 11) is 0. The maximum atomic E-state index is 12.3. The van der Waals surface area contributed by atoms with E-state index in [-0.39, 0.29) is 18.1 Å². The van der Waals surface area contributed by atoms with Gasteiger partial charge in [-0.1, -0.05) is 6.92 Å². The molecule has 0 aromatic carbocycles. The van der Waals surface area contributed by atoms with Crippen LogP contribution >= 0.6 is 0 Å². The fourth-order valence-electron chi connectivity index (χ4n) is 3.09. The lowest BCUT2D eigenvalue weighted by Crippen LogP contribution is -2.51. The Kier molecular flexibility index (Phi) is 4.62. The lowest BCUT2D eigenvalue weighted by Gasteiger charge is -2.37. The van der Waals surface area contributed by atoms with Gasteiger partial charge in [0.1, 0.15) is 0 Å². The number of morpholine rings is 1. The molecule has 1 amide bonds. The summed E-state index contributed by atoms with van der Waals surface area (Å²) in [5.41, 5.74) is 0. The zero-order valence-corrected chi connectivity index (χ0v) is 11.8. The number of carbonyl (C=O) groups is 1. The normalized spacial score (nSPS) is 37.6. The van der Waals surface area contributed by atoms with Crippen LogP contribution in [-0.2, 0) is 9.53 Å². The van der Waals surface area contributed by atoms with E-state index in [1.54, 1.807) is 0 Å². The monoisotopic (exact) mass is 254 g/mol. The van der Waals surface area contributed by atoms with Gasteiger partial charge in [0.25, 0.3) is 0 Å². The molecule has 0 spiro atoms. The Balaban J connectivity index is 1.86. The van der Waals surface area contributed by atoms with Crippen LogP contribution in [-0.4, -0.2) is 48.7 Å². The standard InChI is InChI=1S/C14H26N2O2/c1-10-5-4-6-15-13(10)7-14(17)16-8-11(2)18-12(3)9-16/h10-13,15H,4-9H2,1-3H3/t10?,11-,12+,13?. The molecule has 2 aliphatic heterocycles. The van der Waals surface area contributed by atoms with Crippen molar-refractivity contribution in [2.75, 3.05) is 19.6 Å². The molecular formula is C14H26N2O2. The fourth-order valence-corrected chi connectivity index (χ4v) is 3.09. The van der Waals surface area contributed by atoms with Crippen LogP contribution in [0.25, 0.3) is 0 Å². The quantitative estimate of drug-likeness (QED) is 0.810. The van der Waals surface area contributed by atoms with Crippen molar-refractivity contribution in [3.63, 3.8) is 0 Å². The van der Waals surface area contributed by atoms with Crippen molar-refractivity contribution < 1.29 is 9.53 Å². The highest BCUT2D eigenvalue weighted by Gasteiger charge is 2.29. The van der Waals surface area contributed by atoms with Crippen LogP contribution in [0.5, 0.6) is 0 Å². The Morgan fingerprint density at radius 2 is 1.94 bits per heavy atom. The minimum Gasteiger partial charge on any atom is -0.372 e. The van der Waals surface area contributed by atoms with Crippen molar-refractivity contribution in [2.45, 2.75) is 58.3 Å². The number of piperidine rings is 1. The summed E-state index contributed by atoms with van der Waals surface area (Å²) < 4.78 is 5.67. The van der Waals surface area contributed by atoms with Crippen LogP contribution in [0.4, 0.5) is 0 Å². The van der Waals surface area contributed by atoms with Gasteiger partial charge in [0, 0.05) is 25.6 Å². The predicted octanol–water partition coefficient (Wildman–Crippen LogP) is 1.40. The molecule has 0 aromatic heterocycles. The molecule has 18 heavy (non-hydrogen) atoms. The first-order chi connectivity index (χ1) is 8.56. The van der Waals surface area contributed by atoms with E-state index in [1.807, 2.05) is 18.7 Å². The third kappa shape index (κ3) is 3.45. The van der Waals surface area contributed by atoms with Gasteiger partial charge in [-0.3, -0.25) is 4.79 Å². The van der Waals surface area contributed by atoms with Crippen LogP contribution in [0.2, 0.25) is 0 Å². The number of nitrogens with zero attached hydrogens (tertiary/aromatic N) is 1. The Labute approximate surface area is 110 Å². The van der Waals surface area contributed by atoms with Crippen molar-refractivity contribution in [3.05, 3.63) is 0 Å². The molecule has 2 unspecified atom stereocenters. The second kappa shape index (κ2) is 6.02. The summed E-state index contributed by atoms with van der Waals surface area (Å²) in [4.78, 5) is 14.3. The topological polar surface area (TPSA) is 41.6 Å². The molecular weight excluding hydrogens is 228 g/mol. The minimum atomic E-state index is 0.162. The van der Waals surface area contributed by atoms with Crippen molar-refractivity contribution in [3.8, 4) is 0 Å². The lowest BCUT2D eigenvalue weighted by molar-refractivity contribution is -0.144. The summed E-state index contributed by atoms with van der Waals surface area (Å²) in [6.45, 7) is 8.86. The second-order valence-electron chi connectivity index (χ2n) is 5.94. The van der Waals surface area contributed by atoms with E-state index in [9.17, 15) is 4.79 Å². The Bertz CT molecular complexity index is 286. The number of rotatable bonds is 2. The number of amides is 1. The predicted molar refractivity (Wildman–Crippen MR) is 71.4 cm³/mol. The molecule has 0 aromatic rings. The molecule has 4 nitrogen and oxygen atoms in total. The zero-order valence-electron chi connectivity index (χ0n) is 11.8. The molecule has 0 bridgehead atoms. The van der Waals surface area contributed by atoms with E-state index in [0.29, 0.717) is 18.4 Å². The molecule has 4 heteroatoms. The summed E-state index contributed by atoms with van der Waals surface area (Å²) >= 11 is 0. The number of carbonyl (C=O) groups excluding carboxylic acids is 1. The van der Waals surface area contributed by atoms with Gasteiger partial charge in [-0.05, 0) is 39.2 Å². The molecule has 2 fully saturated rings. The Morgan fingerprint density at radius 3 is 2.56 bits per heavy atom. The summed E-state index contributed by atoms with van der Waals surface area (Å²) in [5, 5.41) is 3.48. The second-order valence-corrected chi connectivity index (χ2v) is 5.94. The van der Waals surface area contributed by atoms with Crippen LogP contribution in [0.3, 0.4) is 0 Å². The molecule has 0 saturated carbocycles. The summed E-state index contributed by atoms with van der Waals surface area (Å²) in [6, 6.07) is 0.361. The lowest BCUT2D eigenvalue weighted by atomic mass is 9.90. The highest BCUT2D eigenvalue weighted by molar-refractivity contribution is 5.77. The first-order valence-corrected chi connectivity index (χ1v) is 7.23. The van der Waals surface area contributed by atoms with E-state index in [2.05, 4.69) is 12.2 Å². The van der Waals surface area contributed by atoms with Crippen LogP contribution in [0.1, 0.15) is 40.0 Å². The molecule has 2 rings (SSSR count). The van der Waals surface area contributed by atoms with E-state index in [4.69, 9.17) is 4.74 Å². The SMILES string of the molecule is CC1CCCNC1CC(=O)N1C[C@@H](C)O[C@@H](C)C1. The van der Waals surface area contributed by atoms with E-state index < -0.39 is 0 Å². The van der Waals surface area contributed by atoms with E-state index in [0.717, 1.165) is 19.6 Å². The van der Waals surface area contributed by atoms with Crippen LogP contribution in [0.15, 0.2) is 0 Å². The van der Waals surface area contributed by atoms with Crippen molar-refractivity contribution in [2.24, 2.45) is 5.92 Å². The first-order valence-electron chi connectivity index (χ1n) is 7.23. The Hall–Kier alpha value is -0.610. The van der Waals surface area contributed by atoms with Gasteiger partial charge < -0.3 is 15.0 Å². The molecule has 2 heterocycles. The maximum absolute atomic E-state index is 12.3. The number of nitrogens with one attached hydrogen (secondary N) is 1. The van der Waals surface area contributed by atoms with Gasteiger partial charge >= 0.3 is 0 Å². The van der Waals surface area contributed by atoms with Crippen molar-refractivity contribution >= 4 is 5.91 Å². The van der Waals surface area contributed by atoms with Gasteiger partial charge in [0.05, 0.1) is 12.2 Å².